The van der Waals surface area contributed by atoms with Crippen molar-refractivity contribution >= 4 is 17.6 Å². The fourth-order valence-corrected chi connectivity index (χ4v) is 2.22. The number of halogens is 1. The van der Waals surface area contributed by atoms with Crippen LogP contribution in [0.3, 0.4) is 0 Å². The number of aliphatic carboxylic acids is 2. The Bertz CT molecular complexity index is 532. The zero-order valence-electron chi connectivity index (χ0n) is 12.0. The van der Waals surface area contributed by atoms with Crippen LogP contribution in [0.15, 0.2) is 36.4 Å². The third-order valence-corrected chi connectivity index (χ3v) is 3.16. The van der Waals surface area contributed by atoms with Crippen molar-refractivity contribution in [2.45, 2.75) is 18.9 Å². The predicted molar refractivity (Wildman–Crippen MR) is 80.2 cm³/mol. The summed E-state index contributed by atoms with van der Waals surface area (Å²) < 4.78 is 13.0. The topological polar surface area (TPSA) is 104 Å². The largest absolute Gasteiger partial charge is 0.478 e. The van der Waals surface area contributed by atoms with E-state index in [1.54, 1.807) is 12.1 Å². The average molecular weight is 310 g/mol. The first-order chi connectivity index (χ1) is 10.4. The number of nitrogens with zero attached hydrogens (tertiary/aromatic N) is 1. The van der Waals surface area contributed by atoms with Crippen LogP contribution >= 0.6 is 0 Å². The Labute approximate surface area is 127 Å². The van der Waals surface area contributed by atoms with E-state index in [1.165, 1.54) is 6.07 Å². The van der Waals surface area contributed by atoms with Gasteiger partial charge in [0.2, 0.25) is 0 Å². The van der Waals surface area contributed by atoms with Crippen molar-refractivity contribution in [1.82, 2.24) is 0 Å². The van der Waals surface area contributed by atoms with Gasteiger partial charge < -0.3 is 20.8 Å². The van der Waals surface area contributed by atoms with E-state index in [4.69, 9.17) is 15.9 Å². The molecular weight excluding hydrogens is 291 g/mol. The Morgan fingerprint density at radius 3 is 2.45 bits per heavy atom. The smallest absolute Gasteiger partial charge is 0.328 e. The molecule has 120 valence electrons. The molecule has 0 bridgehead atoms. The van der Waals surface area contributed by atoms with E-state index in [0.717, 1.165) is 25.1 Å². The highest BCUT2D eigenvalue weighted by atomic mass is 19.1. The molecule has 1 aromatic carbocycles. The van der Waals surface area contributed by atoms with Crippen LogP contribution in [0.5, 0.6) is 0 Å². The van der Waals surface area contributed by atoms with Crippen molar-refractivity contribution in [2.75, 3.05) is 18.0 Å². The normalized spacial score (nSPS) is 17.2. The molecule has 1 aliphatic heterocycles. The van der Waals surface area contributed by atoms with E-state index in [1.807, 2.05) is 6.07 Å². The summed E-state index contributed by atoms with van der Waals surface area (Å²) in [5.74, 6) is -2.69. The number of anilines is 1. The zero-order valence-corrected chi connectivity index (χ0v) is 12.0. The van der Waals surface area contributed by atoms with Crippen molar-refractivity contribution in [3.05, 3.63) is 42.2 Å². The number of carboxylic acid groups (broad SMARTS) is 2. The number of carbonyl (C=O) groups is 2. The summed E-state index contributed by atoms with van der Waals surface area (Å²) in [6.07, 6.45) is 3.38. The number of hydrogen-bond acceptors (Lipinski definition) is 4. The van der Waals surface area contributed by atoms with Gasteiger partial charge in [-0.3, -0.25) is 0 Å². The van der Waals surface area contributed by atoms with Gasteiger partial charge in [0.05, 0.1) is 0 Å². The van der Waals surface area contributed by atoms with E-state index in [2.05, 4.69) is 4.90 Å². The quantitative estimate of drug-likeness (QED) is 0.727. The first-order valence-electron chi connectivity index (χ1n) is 6.80. The Balaban J connectivity index is 0.000000261. The van der Waals surface area contributed by atoms with Gasteiger partial charge >= 0.3 is 11.9 Å². The lowest BCUT2D eigenvalue weighted by atomic mass is 10.2. The maximum atomic E-state index is 13.0. The highest BCUT2D eigenvalue weighted by molar-refractivity contribution is 5.89. The molecule has 1 atom stereocenters. The Morgan fingerprint density at radius 2 is 1.95 bits per heavy atom. The Hall–Kier alpha value is -2.41. The summed E-state index contributed by atoms with van der Waals surface area (Å²) in [4.78, 5) is 21.3. The SMILES string of the molecule is NCC1CCCN1c1cccc(F)c1.O=C(O)/C=C/C(=O)O. The second-order valence-corrected chi connectivity index (χ2v) is 4.71. The van der Waals surface area contributed by atoms with E-state index >= 15 is 0 Å². The van der Waals surface area contributed by atoms with Crippen LogP contribution < -0.4 is 10.6 Å². The molecule has 1 aromatic rings. The van der Waals surface area contributed by atoms with Crippen LogP contribution in [0.2, 0.25) is 0 Å². The lowest BCUT2D eigenvalue weighted by Gasteiger charge is -2.25. The first kappa shape index (κ1) is 17.6. The lowest BCUT2D eigenvalue weighted by molar-refractivity contribution is -0.134. The molecule has 4 N–H and O–H groups in total. The molecule has 22 heavy (non-hydrogen) atoms. The molecule has 1 heterocycles. The van der Waals surface area contributed by atoms with Crippen LogP contribution in [-0.2, 0) is 9.59 Å². The molecule has 0 aromatic heterocycles. The van der Waals surface area contributed by atoms with Crippen LogP contribution in [0, 0.1) is 5.82 Å². The zero-order chi connectivity index (χ0) is 16.5. The molecule has 0 radical (unpaired) electrons. The molecule has 0 amide bonds. The highest BCUT2D eigenvalue weighted by Gasteiger charge is 2.23. The minimum absolute atomic E-state index is 0.176. The van der Waals surface area contributed by atoms with Gasteiger partial charge in [0, 0.05) is 37.0 Å². The van der Waals surface area contributed by atoms with E-state index in [-0.39, 0.29) is 5.82 Å². The average Bonchev–Trinajstić information content (AvgIpc) is 2.94. The summed E-state index contributed by atoms with van der Waals surface area (Å²) in [6, 6.07) is 7.12. The van der Waals surface area contributed by atoms with Gasteiger partial charge in [0.1, 0.15) is 5.82 Å². The summed E-state index contributed by atoms with van der Waals surface area (Å²) >= 11 is 0. The Morgan fingerprint density at radius 1 is 1.32 bits per heavy atom. The third-order valence-electron chi connectivity index (χ3n) is 3.16. The van der Waals surface area contributed by atoms with Crippen LogP contribution in [0.1, 0.15) is 12.8 Å². The number of rotatable bonds is 4. The van der Waals surface area contributed by atoms with Gasteiger partial charge in [-0.1, -0.05) is 6.07 Å². The van der Waals surface area contributed by atoms with Gasteiger partial charge in [-0.2, -0.15) is 0 Å². The minimum atomic E-state index is -1.26. The van der Waals surface area contributed by atoms with Gasteiger partial charge in [0.25, 0.3) is 0 Å². The number of hydrogen-bond donors (Lipinski definition) is 3. The van der Waals surface area contributed by atoms with Gasteiger partial charge in [-0.25, -0.2) is 14.0 Å². The van der Waals surface area contributed by atoms with Crippen molar-refractivity contribution in [3.63, 3.8) is 0 Å². The van der Waals surface area contributed by atoms with E-state index in [0.29, 0.717) is 24.7 Å². The molecule has 0 saturated carbocycles. The van der Waals surface area contributed by atoms with Crippen molar-refractivity contribution < 1.29 is 24.2 Å². The second kappa shape index (κ2) is 8.78. The van der Waals surface area contributed by atoms with Crippen molar-refractivity contribution in [2.24, 2.45) is 5.73 Å². The summed E-state index contributed by atoms with van der Waals surface area (Å²) in [5, 5.41) is 15.6. The van der Waals surface area contributed by atoms with Crippen LogP contribution in [0.25, 0.3) is 0 Å². The predicted octanol–water partition coefficient (Wildman–Crippen LogP) is 1.46. The monoisotopic (exact) mass is 310 g/mol. The summed E-state index contributed by atoms with van der Waals surface area (Å²) in [7, 11) is 0. The van der Waals surface area contributed by atoms with Crippen molar-refractivity contribution in [1.29, 1.82) is 0 Å². The minimum Gasteiger partial charge on any atom is -0.478 e. The lowest BCUT2D eigenvalue weighted by Crippen LogP contribution is -2.35. The first-order valence-corrected chi connectivity index (χ1v) is 6.80. The molecule has 6 nitrogen and oxygen atoms in total. The molecule has 0 aliphatic carbocycles. The van der Waals surface area contributed by atoms with Gasteiger partial charge in [-0.05, 0) is 31.0 Å². The number of nitrogens with two attached hydrogens (primary N) is 1. The molecule has 1 unspecified atom stereocenters. The number of benzene rings is 1. The summed E-state index contributed by atoms with van der Waals surface area (Å²) in [6.45, 7) is 1.64. The van der Waals surface area contributed by atoms with E-state index < -0.39 is 11.9 Å². The fourth-order valence-electron chi connectivity index (χ4n) is 2.22. The van der Waals surface area contributed by atoms with Gasteiger partial charge in [-0.15, -0.1) is 0 Å². The van der Waals surface area contributed by atoms with Crippen LogP contribution in [-0.4, -0.2) is 41.3 Å². The highest BCUT2D eigenvalue weighted by Crippen LogP contribution is 2.25. The Kier molecular flexibility index (Phi) is 7.04. The number of carboxylic acids is 2. The molecule has 1 aliphatic rings. The van der Waals surface area contributed by atoms with Crippen molar-refractivity contribution in [3.8, 4) is 0 Å². The fraction of sp³-hybridized carbons (Fsp3) is 0.333. The third kappa shape index (κ3) is 5.92. The second-order valence-electron chi connectivity index (χ2n) is 4.71. The maximum Gasteiger partial charge on any atom is 0.328 e. The molecule has 1 saturated heterocycles. The molecular formula is C15H19FN2O4. The molecule has 2 rings (SSSR count). The molecule has 1 fully saturated rings. The van der Waals surface area contributed by atoms with Gasteiger partial charge in [0.15, 0.2) is 0 Å². The van der Waals surface area contributed by atoms with Crippen LogP contribution in [0.4, 0.5) is 10.1 Å². The molecule has 0 spiro atoms. The maximum absolute atomic E-state index is 13.0. The van der Waals surface area contributed by atoms with E-state index in [9.17, 15) is 14.0 Å². The molecule has 7 heteroatoms. The summed E-state index contributed by atoms with van der Waals surface area (Å²) in [5.41, 5.74) is 6.62. The standard InChI is InChI=1S/C11H15FN2.C4H4O4/c12-9-3-1-4-10(7-9)14-6-2-5-11(14)8-13;5-3(6)1-2-4(7)8/h1,3-4,7,11H,2,5-6,8,13H2;1-2H,(H,5,6)(H,7,8)/b;2-1+.